The molecule has 3 aliphatic rings. The van der Waals surface area contributed by atoms with E-state index in [2.05, 4.69) is 20.4 Å². The first-order valence-electron chi connectivity index (χ1n) is 10.3. The summed E-state index contributed by atoms with van der Waals surface area (Å²) >= 11 is 6.18. The van der Waals surface area contributed by atoms with E-state index in [-0.39, 0.29) is 36.1 Å². The molecule has 5 atom stereocenters. The summed E-state index contributed by atoms with van der Waals surface area (Å²) in [6.45, 7) is 1.49. The van der Waals surface area contributed by atoms with Gasteiger partial charge in [-0.25, -0.2) is 25.9 Å². The zero-order valence-corrected chi connectivity index (χ0v) is 19.9. The van der Waals surface area contributed by atoms with Gasteiger partial charge in [0.05, 0.1) is 23.3 Å². The Morgan fingerprint density at radius 2 is 1.87 bits per heavy atom. The molecule has 5 unspecified atom stereocenters. The Labute approximate surface area is 188 Å². The van der Waals surface area contributed by atoms with Gasteiger partial charge in [0.15, 0.2) is 0 Å². The van der Waals surface area contributed by atoms with Crippen molar-refractivity contribution in [2.45, 2.75) is 49.3 Å². The molecule has 180 valence electrons. The maximum absolute atomic E-state index is 14.6. The van der Waals surface area contributed by atoms with Gasteiger partial charge in [0, 0.05) is 25.3 Å². The molecule has 1 aliphatic heterocycles. The summed E-state index contributed by atoms with van der Waals surface area (Å²) in [7, 11) is -5.21. The molecule has 2 aliphatic carbocycles. The first-order valence-corrected chi connectivity index (χ1v) is 14.3. The summed E-state index contributed by atoms with van der Waals surface area (Å²) in [5.74, 6) is -2.23. The van der Waals surface area contributed by atoms with Gasteiger partial charge < -0.3 is 0 Å². The number of rotatable bonds is 8. The number of hydrogen-bond donors (Lipinski definition) is 4. The van der Waals surface area contributed by atoms with E-state index in [0.29, 0.717) is 25.9 Å². The summed E-state index contributed by atoms with van der Waals surface area (Å²) in [5, 5.41) is 2.53. The van der Waals surface area contributed by atoms with Crippen LogP contribution in [0, 0.1) is 17.8 Å². The van der Waals surface area contributed by atoms with Crippen molar-refractivity contribution in [2.24, 2.45) is 17.8 Å². The molecule has 0 aromatic carbocycles. The second-order valence-electron chi connectivity index (χ2n) is 9.10. The molecular weight excluding hydrogens is 473 g/mol. The summed E-state index contributed by atoms with van der Waals surface area (Å²) in [6.07, 6.45) is 1.02. The topological polar surface area (TPSA) is 137 Å². The minimum Gasteiger partial charge on any atom is -0.300 e. The van der Waals surface area contributed by atoms with Crippen molar-refractivity contribution in [3.63, 3.8) is 0 Å². The highest BCUT2D eigenvalue weighted by Gasteiger charge is 2.44. The van der Waals surface area contributed by atoms with E-state index in [1.165, 1.54) is 0 Å². The van der Waals surface area contributed by atoms with Crippen LogP contribution in [0.4, 0.5) is 4.39 Å². The quantitative estimate of drug-likeness (QED) is 0.249. The number of likely N-dealkylation sites (N-methyl/N-ethyl adjacent to an activating group) is 1. The van der Waals surface area contributed by atoms with E-state index in [4.69, 9.17) is 11.6 Å². The van der Waals surface area contributed by atoms with Crippen molar-refractivity contribution >= 4 is 37.6 Å². The number of nitrogens with zero attached hydrogens (tertiary/aromatic N) is 1. The zero-order valence-electron chi connectivity index (χ0n) is 17.6. The Morgan fingerprint density at radius 1 is 1.19 bits per heavy atom. The standard InChI is InChI=1S/C17H31ClFN5O5S2/c1-24-7-15(20-9-24)11-5-13(16(19)14(18)6-11)17(25)21-23-31(28,29)8-10-3-12(4-10)22-30(2,26)27/h10-16,20,22-23H,3-9H2,1-2H3,(H,21,25). The van der Waals surface area contributed by atoms with Gasteiger partial charge in [-0.15, -0.1) is 16.4 Å². The number of hydrazine groups is 1. The van der Waals surface area contributed by atoms with Gasteiger partial charge in [0.1, 0.15) is 6.17 Å². The molecule has 2 saturated carbocycles. The number of alkyl halides is 2. The number of amides is 1. The molecule has 1 amide bonds. The van der Waals surface area contributed by atoms with E-state index in [1.54, 1.807) is 0 Å². The Hall–Kier alpha value is -0.570. The number of carbonyl (C=O) groups excluding carboxylic acids is 1. The van der Waals surface area contributed by atoms with Gasteiger partial charge in [-0.05, 0) is 44.6 Å². The lowest BCUT2D eigenvalue weighted by Crippen LogP contribution is -2.53. The van der Waals surface area contributed by atoms with Crippen molar-refractivity contribution in [3.05, 3.63) is 0 Å². The van der Waals surface area contributed by atoms with Crippen LogP contribution in [0.2, 0.25) is 0 Å². The van der Waals surface area contributed by atoms with Gasteiger partial charge in [-0.2, -0.15) is 0 Å². The summed E-state index contributed by atoms with van der Waals surface area (Å²) < 4.78 is 64.0. The highest BCUT2D eigenvalue weighted by atomic mass is 35.5. The highest BCUT2D eigenvalue weighted by Crippen LogP contribution is 2.37. The third-order valence-corrected chi connectivity index (χ3v) is 8.76. The fourth-order valence-corrected chi connectivity index (χ4v) is 7.14. The third-order valence-electron chi connectivity index (χ3n) is 6.25. The monoisotopic (exact) mass is 503 g/mol. The average molecular weight is 504 g/mol. The highest BCUT2D eigenvalue weighted by molar-refractivity contribution is 7.89. The molecular formula is C17H31ClFN5O5S2. The first kappa shape index (κ1) is 25.1. The minimum absolute atomic E-state index is 0.0149. The van der Waals surface area contributed by atoms with Crippen LogP contribution in [-0.2, 0) is 24.8 Å². The number of sulfonamides is 2. The Bertz CT molecular complexity index is 870. The maximum Gasteiger partial charge on any atom is 0.241 e. The van der Waals surface area contributed by atoms with Crippen molar-refractivity contribution in [1.82, 2.24) is 25.2 Å². The van der Waals surface area contributed by atoms with Crippen LogP contribution in [0.15, 0.2) is 0 Å². The van der Waals surface area contributed by atoms with Crippen LogP contribution < -0.4 is 20.3 Å². The van der Waals surface area contributed by atoms with E-state index in [9.17, 15) is 26.0 Å². The molecule has 14 heteroatoms. The van der Waals surface area contributed by atoms with Crippen molar-refractivity contribution in [1.29, 1.82) is 0 Å². The predicted molar refractivity (Wildman–Crippen MR) is 115 cm³/mol. The van der Waals surface area contributed by atoms with Gasteiger partial charge in [-0.3, -0.25) is 20.4 Å². The fourth-order valence-electron chi connectivity index (χ4n) is 4.70. The van der Waals surface area contributed by atoms with Crippen molar-refractivity contribution in [2.75, 3.05) is 32.3 Å². The molecule has 10 nitrogen and oxygen atoms in total. The minimum atomic E-state index is -3.84. The fraction of sp³-hybridized carbons (Fsp3) is 0.941. The molecule has 4 N–H and O–H groups in total. The molecule has 1 saturated heterocycles. The summed E-state index contributed by atoms with van der Waals surface area (Å²) in [6, 6.07) is -0.169. The van der Waals surface area contributed by atoms with E-state index >= 15 is 0 Å². The predicted octanol–water partition coefficient (Wildman–Crippen LogP) is -0.902. The summed E-state index contributed by atoms with van der Waals surface area (Å²) in [4.78, 5) is 16.7. The van der Waals surface area contributed by atoms with Crippen LogP contribution in [0.3, 0.4) is 0 Å². The first-order chi connectivity index (χ1) is 14.3. The van der Waals surface area contributed by atoms with E-state index < -0.39 is 43.4 Å². The Morgan fingerprint density at radius 3 is 2.45 bits per heavy atom. The molecule has 0 bridgehead atoms. The average Bonchev–Trinajstić information content (AvgIpc) is 3.05. The van der Waals surface area contributed by atoms with Crippen LogP contribution in [0.5, 0.6) is 0 Å². The van der Waals surface area contributed by atoms with Crippen LogP contribution in [0.25, 0.3) is 0 Å². The third kappa shape index (κ3) is 6.95. The smallest absolute Gasteiger partial charge is 0.241 e. The Kier molecular flexibility index (Phi) is 7.87. The second kappa shape index (κ2) is 9.74. The van der Waals surface area contributed by atoms with Crippen molar-refractivity contribution < 1.29 is 26.0 Å². The molecule has 0 radical (unpaired) electrons. The SMILES string of the molecule is CN1CNC(C2CC(Cl)C(F)C(C(=O)NNS(=O)(=O)CC3CC(NS(C)(=O)=O)C3)C2)C1. The second-order valence-corrected chi connectivity index (χ2v) is 13.2. The molecule has 3 fully saturated rings. The molecule has 1 heterocycles. The van der Waals surface area contributed by atoms with Crippen LogP contribution in [-0.4, -0.2) is 83.5 Å². The van der Waals surface area contributed by atoms with Gasteiger partial charge >= 0.3 is 0 Å². The molecule has 0 aromatic rings. The number of hydrogen-bond acceptors (Lipinski definition) is 7. The van der Waals surface area contributed by atoms with Crippen molar-refractivity contribution in [3.8, 4) is 0 Å². The summed E-state index contributed by atoms with van der Waals surface area (Å²) in [5.41, 5.74) is 2.15. The van der Waals surface area contributed by atoms with E-state index in [0.717, 1.165) is 12.8 Å². The van der Waals surface area contributed by atoms with Gasteiger partial charge in [0.2, 0.25) is 26.0 Å². The Balaban J connectivity index is 1.48. The lowest BCUT2D eigenvalue weighted by molar-refractivity contribution is -0.129. The molecule has 3 rings (SSSR count). The van der Waals surface area contributed by atoms with Gasteiger partial charge in [-0.1, -0.05) is 0 Å². The number of carbonyl (C=O) groups is 1. The lowest BCUT2D eigenvalue weighted by Gasteiger charge is -2.37. The normalized spacial score (nSPS) is 37.4. The largest absolute Gasteiger partial charge is 0.300 e. The molecule has 0 spiro atoms. The van der Waals surface area contributed by atoms with E-state index in [1.807, 2.05) is 11.9 Å². The number of halogens is 2. The van der Waals surface area contributed by atoms with Gasteiger partial charge in [0.25, 0.3) is 0 Å². The van der Waals surface area contributed by atoms with Crippen LogP contribution in [0.1, 0.15) is 25.7 Å². The molecule has 0 aromatic heterocycles. The molecule has 31 heavy (non-hydrogen) atoms. The maximum atomic E-state index is 14.6. The zero-order chi connectivity index (χ0) is 23.0. The number of nitrogens with one attached hydrogen (secondary N) is 4. The lowest BCUT2D eigenvalue weighted by atomic mass is 9.76. The van der Waals surface area contributed by atoms with Crippen LogP contribution >= 0.6 is 11.6 Å².